The van der Waals surface area contributed by atoms with Crippen LogP contribution in [0.25, 0.3) is 0 Å². The van der Waals surface area contributed by atoms with Gasteiger partial charge in [-0.05, 0) is 39.5 Å². The smallest absolute Gasteiger partial charge is 0.270 e. The number of hydrogen-bond acceptors (Lipinski definition) is 6. The molecule has 0 saturated carbocycles. The minimum Gasteiger partial charge on any atom is -0.496 e. The van der Waals surface area contributed by atoms with Crippen molar-refractivity contribution in [2.45, 2.75) is 46.1 Å². The average molecular weight is 341 g/mol. The molecule has 0 atom stereocenters. The lowest BCUT2D eigenvalue weighted by atomic mass is 9.94. The molecule has 7 heteroatoms. The largest absolute Gasteiger partial charge is 0.496 e. The summed E-state index contributed by atoms with van der Waals surface area (Å²) in [5.41, 5.74) is 10.6. The summed E-state index contributed by atoms with van der Waals surface area (Å²) in [5, 5.41) is 2.90. The lowest BCUT2D eigenvalue weighted by Gasteiger charge is -2.18. The van der Waals surface area contributed by atoms with E-state index >= 15 is 0 Å². The first-order chi connectivity index (χ1) is 12.0. The third-order valence-electron chi connectivity index (χ3n) is 4.58. The van der Waals surface area contributed by atoms with E-state index in [1.54, 1.807) is 13.3 Å². The Balaban J connectivity index is 1.81. The maximum atomic E-state index is 12.7. The maximum absolute atomic E-state index is 12.7. The van der Waals surface area contributed by atoms with Gasteiger partial charge in [-0.2, -0.15) is 0 Å². The first-order valence-electron chi connectivity index (χ1n) is 8.43. The Morgan fingerprint density at radius 2 is 2.04 bits per heavy atom. The fourth-order valence-corrected chi connectivity index (χ4v) is 3.30. The molecule has 0 spiro atoms. The lowest BCUT2D eigenvalue weighted by molar-refractivity contribution is 0.0944. The number of anilines is 1. The highest BCUT2D eigenvalue weighted by molar-refractivity contribution is 5.94. The molecule has 0 bridgehead atoms. The van der Waals surface area contributed by atoms with Crippen LogP contribution in [-0.4, -0.2) is 28.0 Å². The van der Waals surface area contributed by atoms with Crippen molar-refractivity contribution in [2.24, 2.45) is 0 Å². The number of nitrogens with zero attached hydrogens (tertiary/aromatic N) is 3. The highest BCUT2D eigenvalue weighted by Crippen LogP contribution is 2.25. The molecular formula is C18H23N5O2. The molecule has 0 aliphatic heterocycles. The van der Waals surface area contributed by atoms with Crippen LogP contribution >= 0.6 is 0 Å². The van der Waals surface area contributed by atoms with E-state index in [0.29, 0.717) is 12.2 Å². The minimum absolute atomic E-state index is 0.150. The number of nitrogens with one attached hydrogen (secondary N) is 1. The van der Waals surface area contributed by atoms with Gasteiger partial charge >= 0.3 is 0 Å². The van der Waals surface area contributed by atoms with Gasteiger partial charge in [0.1, 0.15) is 11.4 Å². The van der Waals surface area contributed by atoms with E-state index in [0.717, 1.165) is 59.5 Å². The number of aromatic nitrogens is 3. The van der Waals surface area contributed by atoms with Gasteiger partial charge in [-0.1, -0.05) is 0 Å². The fraction of sp³-hybridized carbons (Fsp3) is 0.444. The van der Waals surface area contributed by atoms with Crippen LogP contribution in [0.1, 0.15) is 51.4 Å². The molecule has 0 fully saturated rings. The number of methoxy groups -OCH3 is 1. The normalized spacial score (nSPS) is 13.2. The molecule has 132 valence electrons. The van der Waals surface area contributed by atoms with Crippen LogP contribution in [0.15, 0.2) is 6.20 Å². The Labute approximate surface area is 147 Å². The van der Waals surface area contributed by atoms with E-state index in [1.165, 1.54) is 0 Å². The maximum Gasteiger partial charge on any atom is 0.270 e. The van der Waals surface area contributed by atoms with Gasteiger partial charge in [0.25, 0.3) is 5.91 Å². The number of aryl methyl sites for hydroxylation is 2. The second-order valence-corrected chi connectivity index (χ2v) is 6.29. The molecule has 0 unspecified atom stereocenters. The molecule has 2 heterocycles. The molecule has 0 radical (unpaired) electrons. The number of carbonyl (C=O) groups excluding carboxylic acids is 1. The van der Waals surface area contributed by atoms with Gasteiger partial charge in [0, 0.05) is 28.6 Å². The van der Waals surface area contributed by atoms with E-state index < -0.39 is 0 Å². The van der Waals surface area contributed by atoms with Crippen molar-refractivity contribution in [3.05, 3.63) is 40.0 Å². The van der Waals surface area contributed by atoms with Gasteiger partial charge in [-0.25, -0.2) is 9.97 Å². The van der Waals surface area contributed by atoms with Gasteiger partial charge in [0.05, 0.1) is 19.3 Å². The van der Waals surface area contributed by atoms with E-state index in [9.17, 15) is 4.79 Å². The molecule has 1 amide bonds. The Bertz CT molecular complexity index is 820. The first kappa shape index (κ1) is 17.1. The van der Waals surface area contributed by atoms with Crippen LogP contribution in [0.5, 0.6) is 5.75 Å². The van der Waals surface area contributed by atoms with Crippen LogP contribution in [-0.2, 0) is 19.4 Å². The zero-order valence-electron chi connectivity index (χ0n) is 14.8. The topological polar surface area (TPSA) is 103 Å². The molecule has 0 saturated heterocycles. The van der Waals surface area contributed by atoms with Crippen molar-refractivity contribution in [3.8, 4) is 5.75 Å². The average Bonchev–Trinajstić information content (AvgIpc) is 2.60. The predicted octanol–water partition coefficient (Wildman–Crippen LogP) is 1.89. The quantitative estimate of drug-likeness (QED) is 0.880. The molecule has 1 aliphatic rings. The lowest BCUT2D eigenvalue weighted by Crippen LogP contribution is -2.28. The molecular weight excluding hydrogens is 318 g/mol. The highest BCUT2D eigenvalue weighted by atomic mass is 16.5. The monoisotopic (exact) mass is 341 g/mol. The summed E-state index contributed by atoms with van der Waals surface area (Å²) >= 11 is 0. The molecule has 25 heavy (non-hydrogen) atoms. The van der Waals surface area contributed by atoms with Crippen molar-refractivity contribution in [2.75, 3.05) is 12.8 Å². The van der Waals surface area contributed by atoms with Crippen LogP contribution in [0, 0.1) is 13.8 Å². The van der Waals surface area contributed by atoms with Gasteiger partial charge in [-0.3, -0.25) is 9.78 Å². The van der Waals surface area contributed by atoms with Crippen LogP contribution in [0.3, 0.4) is 0 Å². The second kappa shape index (κ2) is 7.04. The third kappa shape index (κ3) is 3.40. The molecule has 1 aliphatic carbocycles. The summed E-state index contributed by atoms with van der Waals surface area (Å²) in [6, 6.07) is 0. The van der Waals surface area contributed by atoms with Crippen molar-refractivity contribution in [1.29, 1.82) is 0 Å². The summed E-state index contributed by atoms with van der Waals surface area (Å²) in [4.78, 5) is 25.5. The zero-order valence-corrected chi connectivity index (χ0v) is 14.8. The number of pyridine rings is 1. The molecule has 2 aromatic rings. The number of amides is 1. The van der Waals surface area contributed by atoms with Crippen molar-refractivity contribution in [1.82, 2.24) is 20.3 Å². The number of nitrogen functional groups attached to an aromatic ring is 1. The standard InChI is InChI=1S/C18H23N5O2/c1-10-8-20-14(11(2)16(10)25-3)9-21-17(24)15-12-6-4-5-7-13(12)22-18(19)23-15/h8H,4-7,9H2,1-3H3,(H,21,24)(H2,19,22,23). The summed E-state index contributed by atoms with van der Waals surface area (Å²) < 4.78 is 5.41. The number of ether oxygens (including phenoxy) is 1. The van der Waals surface area contributed by atoms with Crippen molar-refractivity contribution < 1.29 is 9.53 Å². The first-order valence-corrected chi connectivity index (χ1v) is 8.43. The molecule has 2 aromatic heterocycles. The molecule has 0 aromatic carbocycles. The van der Waals surface area contributed by atoms with Gasteiger partial charge in [0.2, 0.25) is 5.95 Å². The van der Waals surface area contributed by atoms with Gasteiger partial charge in [0.15, 0.2) is 0 Å². The van der Waals surface area contributed by atoms with Crippen molar-refractivity contribution >= 4 is 11.9 Å². The third-order valence-corrected chi connectivity index (χ3v) is 4.58. The Kier molecular flexibility index (Phi) is 4.83. The predicted molar refractivity (Wildman–Crippen MR) is 94.5 cm³/mol. The molecule has 7 nitrogen and oxygen atoms in total. The van der Waals surface area contributed by atoms with E-state index in [2.05, 4.69) is 20.3 Å². The number of nitrogens with two attached hydrogens (primary N) is 1. The van der Waals surface area contributed by atoms with E-state index in [4.69, 9.17) is 10.5 Å². The fourth-order valence-electron chi connectivity index (χ4n) is 3.30. The number of hydrogen-bond donors (Lipinski definition) is 2. The number of carbonyl (C=O) groups is 1. The highest BCUT2D eigenvalue weighted by Gasteiger charge is 2.22. The Hall–Kier alpha value is -2.70. The number of fused-ring (bicyclic) bond motifs is 1. The van der Waals surface area contributed by atoms with Gasteiger partial charge in [-0.15, -0.1) is 0 Å². The zero-order chi connectivity index (χ0) is 18.0. The summed E-state index contributed by atoms with van der Waals surface area (Å²) in [7, 11) is 1.63. The number of rotatable bonds is 4. The Morgan fingerprint density at radius 1 is 1.28 bits per heavy atom. The molecule has 3 N–H and O–H groups in total. The van der Waals surface area contributed by atoms with Crippen LogP contribution in [0.4, 0.5) is 5.95 Å². The van der Waals surface area contributed by atoms with Crippen molar-refractivity contribution in [3.63, 3.8) is 0 Å². The van der Waals surface area contributed by atoms with Gasteiger partial charge < -0.3 is 15.8 Å². The Morgan fingerprint density at radius 3 is 2.80 bits per heavy atom. The minimum atomic E-state index is -0.243. The summed E-state index contributed by atoms with van der Waals surface area (Å²) in [5.74, 6) is 0.702. The van der Waals surface area contributed by atoms with E-state index in [-0.39, 0.29) is 11.9 Å². The molecule has 3 rings (SSSR count). The SMILES string of the molecule is COc1c(C)cnc(CNC(=O)c2nc(N)nc3c2CCCC3)c1C. The van der Waals surface area contributed by atoms with Crippen LogP contribution in [0.2, 0.25) is 0 Å². The summed E-state index contributed by atoms with van der Waals surface area (Å²) in [6.07, 6.45) is 5.51. The van der Waals surface area contributed by atoms with Crippen LogP contribution < -0.4 is 15.8 Å². The second-order valence-electron chi connectivity index (χ2n) is 6.29. The summed E-state index contributed by atoms with van der Waals surface area (Å²) in [6.45, 7) is 4.18. The van der Waals surface area contributed by atoms with E-state index in [1.807, 2.05) is 13.8 Å².